The number of H-pyrrole nitrogens is 1. The number of amides is 1. The number of carbonyl (C=O) groups excluding carboxylic acids is 2. The van der Waals surface area contributed by atoms with Crippen LogP contribution in [0.3, 0.4) is 0 Å². The van der Waals surface area contributed by atoms with Crippen LogP contribution in [0.25, 0.3) is 22.3 Å². The monoisotopic (exact) mass is 532 g/mol. The van der Waals surface area contributed by atoms with Crippen LogP contribution in [0.5, 0.6) is 11.5 Å². The number of hydrogen-bond acceptors (Lipinski definition) is 7. The van der Waals surface area contributed by atoms with Crippen LogP contribution in [0, 0.1) is 0 Å². The zero-order valence-corrected chi connectivity index (χ0v) is 21.4. The average molecular weight is 533 g/mol. The van der Waals surface area contributed by atoms with Gasteiger partial charge in [0, 0.05) is 25.2 Å². The number of esters is 1. The fraction of sp³-hybridized carbons (Fsp3) is 0.148. The smallest absolute Gasteiger partial charge is 0.308 e. The van der Waals surface area contributed by atoms with Gasteiger partial charge in [0.05, 0.1) is 24.6 Å². The van der Waals surface area contributed by atoms with Gasteiger partial charge in [-0.25, -0.2) is 9.67 Å². The number of ether oxygens (including phenoxy) is 2. The molecule has 38 heavy (non-hydrogen) atoms. The molecule has 1 atom stereocenters. The zero-order valence-electron chi connectivity index (χ0n) is 20.6. The Bertz CT molecular complexity index is 1550. The summed E-state index contributed by atoms with van der Waals surface area (Å²) in [4.78, 5) is 32.2. The summed E-state index contributed by atoms with van der Waals surface area (Å²) in [6.07, 6.45) is 3.43. The molecule has 0 fully saturated rings. The van der Waals surface area contributed by atoms with Gasteiger partial charge in [0.1, 0.15) is 5.52 Å². The summed E-state index contributed by atoms with van der Waals surface area (Å²) in [5, 5.41) is 11.5. The van der Waals surface area contributed by atoms with Crippen molar-refractivity contribution in [2.75, 3.05) is 7.11 Å². The molecular weight excluding hydrogens is 508 g/mol. The number of aromatic amines is 1. The molecule has 0 bridgehead atoms. The van der Waals surface area contributed by atoms with Gasteiger partial charge in [-0.05, 0) is 35.4 Å². The van der Waals surface area contributed by atoms with E-state index in [1.54, 1.807) is 29.2 Å². The molecule has 1 unspecified atom stereocenters. The first-order valence-electron chi connectivity index (χ1n) is 11.6. The second-order valence-electron chi connectivity index (χ2n) is 8.30. The highest BCUT2D eigenvalue weighted by Gasteiger charge is 2.26. The minimum atomic E-state index is -0.761. The Morgan fingerprint density at radius 2 is 1.84 bits per heavy atom. The second-order valence-corrected chi connectivity index (χ2v) is 8.30. The first kappa shape index (κ1) is 26.4. The standard InChI is InChI=1S/C27H24N6O4.ClH/c1-17(34)37-24-12-7-18(13-25(24)36-2)14-29-27(35)26(33-23-6-4-3-5-21(23)31-32-33)20-10-8-19(9-11-20)22-15-28-16-30-22;/h3-13,15-16,26H,14H2,1-2H3,(H,28,30)(H,29,35);1H. The summed E-state index contributed by atoms with van der Waals surface area (Å²) in [5.41, 5.74) is 4.69. The molecular formula is C27H25ClN6O4. The highest BCUT2D eigenvalue weighted by Crippen LogP contribution is 2.29. The van der Waals surface area contributed by atoms with E-state index in [-0.39, 0.29) is 24.9 Å². The van der Waals surface area contributed by atoms with Crippen molar-refractivity contribution in [1.29, 1.82) is 0 Å². The maximum absolute atomic E-state index is 13.6. The molecule has 0 aliphatic carbocycles. The van der Waals surface area contributed by atoms with Gasteiger partial charge in [-0.1, -0.05) is 47.7 Å². The van der Waals surface area contributed by atoms with Gasteiger partial charge in [0.25, 0.3) is 0 Å². The van der Waals surface area contributed by atoms with Crippen LogP contribution in [0.1, 0.15) is 24.1 Å². The molecule has 0 spiro atoms. The van der Waals surface area contributed by atoms with Gasteiger partial charge in [-0.3, -0.25) is 9.59 Å². The Balaban J connectivity index is 0.00000336. The first-order valence-corrected chi connectivity index (χ1v) is 11.6. The number of rotatable bonds is 8. The Morgan fingerprint density at radius 3 is 2.55 bits per heavy atom. The molecule has 0 radical (unpaired) electrons. The van der Waals surface area contributed by atoms with Crippen molar-refractivity contribution in [2.24, 2.45) is 0 Å². The molecule has 0 aliphatic rings. The first-order chi connectivity index (χ1) is 18.0. The van der Waals surface area contributed by atoms with E-state index in [2.05, 4.69) is 25.6 Å². The summed E-state index contributed by atoms with van der Waals surface area (Å²) in [7, 11) is 1.49. The molecule has 194 valence electrons. The van der Waals surface area contributed by atoms with Crippen molar-refractivity contribution < 1.29 is 19.1 Å². The maximum Gasteiger partial charge on any atom is 0.308 e. The number of nitrogens with zero attached hydrogens (tertiary/aromatic N) is 4. The number of nitrogens with one attached hydrogen (secondary N) is 2. The minimum absolute atomic E-state index is 0. The topological polar surface area (TPSA) is 124 Å². The van der Waals surface area contributed by atoms with Crippen LogP contribution >= 0.6 is 12.4 Å². The van der Waals surface area contributed by atoms with E-state index in [4.69, 9.17) is 9.47 Å². The molecule has 0 saturated carbocycles. The lowest BCUT2D eigenvalue weighted by Gasteiger charge is -2.19. The molecule has 0 aliphatic heterocycles. The SMILES string of the molecule is COc1cc(CNC(=O)C(c2ccc(-c3c[nH]cn3)cc2)n2nnc3ccccc32)ccc1OC(C)=O.Cl. The van der Waals surface area contributed by atoms with Crippen LogP contribution in [0.4, 0.5) is 0 Å². The van der Waals surface area contributed by atoms with Gasteiger partial charge in [0.2, 0.25) is 5.91 Å². The maximum atomic E-state index is 13.6. The highest BCUT2D eigenvalue weighted by molar-refractivity contribution is 5.86. The van der Waals surface area contributed by atoms with Crippen molar-refractivity contribution in [3.63, 3.8) is 0 Å². The quantitative estimate of drug-likeness (QED) is 0.228. The van der Waals surface area contributed by atoms with Crippen molar-refractivity contribution in [1.82, 2.24) is 30.3 Å². The number of imidazole rings is 1. The second kappa shape index (κ2) is 11.6. The van der Waals surface area contributed by atoms with Crippen LogP contribution in [-0.4, -0.2) is 43.9 Å². The molecule has 1 amide bonds. The van der Waals surface area contributed by atoms with E-state index in [0.29, 0.717) is 17.0 Å². The molecule has 0 saturated heterocycles. The third-order valence-corrected chi connectivity index (χ3v) is 5.84. The summed E-state index contributed by atoms with van der Waals surface area (Å²) >= 11 is 0. The molecule has 5 rings (SSSR count). The van der Waals surface area contributed by atoms with E-state index < -0.39 is 12.0 Å². The van der Waals surface area contributed by atoms with E-state index in [1.807, 2.05) is 54.7 Å². The number of aromatic nitrogens is 5. The molecule has 2 heterocycles. The molecule has 10 nitrogen and oxygen atoms in total. The number of hydrogen-bond donors (Lipinski definition) is 2. The Labute approximate surface area is 224 Å². The number of para-hydroxylation sites is 1. The lowest BCUT2D eigenvalue weighted by molar-refractivity contribution is -0.132. The lowest BCUT2D eigenvalue weighted by atomic mass is 10.0. The lowest BCUT2D eigenvalue weighted by Crippen LogP contribution is -2.33. The number of fused-ring (bicyclic) bond motifs is 1. The zero-order chi connectivity index (χ0) is 25.8. The molecule has 5 aromatic rings. The van der Waals surface area contributed by atoms with Gasteiger partial charge in [0.15, 0.2) is 17.5 Å². The van der Waals surface area contributed by atoms with Gasteiger partial charge < -0.3 is 19.8 Å². The number of halogens is 1. The third kappa shape index (κ3) is 5.50. The Morgan fingerprint density at radius 1 is 1.05 bits per heavy atom. The van der Waals surface area contributed by atoms with E-state index in [9.17, 15) is 9.59 Å². The van der Waals surface area contributed by atoms with Crippen molar-refractivity contribution in [3.05, 3.63) is 90.4 Å². The molecule has 11 heteroatoms. The summed E-state index contributed by atoms with van der Waals surface area (Å²) in [6, 6.07) is 19.5. The normalized spacial score (nSPS) is 11.4. The fourth-order valence-corrected chi connectivity index (χ4v) is 4.08. The van der Waals surface area contributed by atoms with Crippen molar-refractivity contribution in [3.8, 4) is 22.8 Å². The average Bonchev–Trinajstić information content (AvgIpc) is 3.59. The predicted octanol–water partition coefficient (Wildman–Crippen LogP) is 4.08. The van der Waals surface area contributed by atoms with Crippen LogP contribution in [-0.2, 0) is 16.1 Å². The highest BCUT2D eigenvalue weighted by atomic mass is 35.5. The number of carbonyl (C=O) groups is 2. The third-order valence-electron chi connectivity index (χ3n) is 5.84. The van der Waals surface area contributed by atoms with E-state index in [1.165, 1.54) is 14.0 Å². The predicted molar refractivity (Wildman–Crippen MR) is 143 cm³/mol. The minimum Gasteiger partial charge on any atom is -0.493 e. The van der Waals surface area contributed by atoms with E-state index in [0.717, 1.165) is 27.9 Å². The van der Waals surface area contributed by atoms with Crippen molar-refractivity contribution in [2.45, 2.75) is 19.5 Å². The largest absolute Gasteiger partial charge is 0.493 e. The Kier molecular flexibility index (Phi) is 8.03. The summed E-state index contributed by atoms with van der Waals surface area (Å²) in [5.74, 6) is 0.00975. The fourth-order valence-electron chi connectivity index (χ4n) is 4.08. The number of methoxy groups -OCH3 is 1. The summed E-state index contributed by atoms with van der Waals surface area (Å²) in [6.45, 7) is 1.55. The van der Waals surface area contributed by atoms with Crippen molar-refractivity contribution >= 4 is 35.3 Å². The van der Waals surface area contributed by atoms with Gasteiger partial charge in [-0.15, -0.1) is 17.5 Å². The number of benzene rings is 3. The van der Waals surface area contributed by atoms with Crippen LogP contribution in [0.15, 0.2) is 79.3 Å². The molecule has 3 aromatic carbocycles. The van der Waals surface area contributed by atoms with Gasteiger partial charge >= 0.3 is 5.97 Å². The van der Waals surface area contributed by atoms with Gasteiger partial charge in [-0.2, -0.15) is 0 Å². The Hall–Kier alpha value is -4.70. The van der Waals surface area contributed by atoms with Crippen LogP contribution < -0.4 is 14.8 Å². The molecule has 2 aromatic heterocycles. The van der Waals surface area contributed by atoms with E-state index >= 15 is 0 Å². The molecule has 2 N–H and O–H groups in total. The van der Waals surface area contributed by atoms with Crippen LogP contribution in [0.2, 0.25) is 0 Å². The summed E-state index contributed by atoms with van der Waals surface area (Å²) < 4.78 is 12.1.